The number of hydrogen-bond acceptors (Lipinski definition) is 3. The SMILES string of the molecule is CC(C)c1cc(C(=O)Nc2cccc3cccnc23)c2ccccc2n1. The van der Waals surface area contributed by atoms with Gasteiger partial charge >= 0.3 is 0 Å². The highest BCUT2D eigenvalue weighted by Gasteiger charge is 2.15. The highest BCUT2D eigenvalue weighted by Crippen LogP contribution is 2.25. The zero-order valence-corrected chi connectivity index (χ0v) is 14.7. The monoisotopic (exact) mass is 341 g/mol. The summed E-state index contributed by atoms with van der Waals surface area (Å²) < 4.78 is 0. The number of amides is 1. The normalized spacial score (nSPS) is 11.2. The van der Waals surface area contributed by atoms with E-state index in [-0.39, 0.29) is 11.8 Å². The fourth-order valence-corrected chi connectivity index (χ4v) is 3.07. The van der Waals surface area contributed by atoms with Gasteiger partial charge in [0.05, 0.1) is 22.3 Å². The van der Waals surface area contributed by atoms with E-state index in [1.807, 2.05) is 60.7 Å². The Labute approximate surface area is 151 Å². The summed E-state index contributed by atoms with van der Waals surface area (Å²) >= 11 is 0. The maximum absolute atomic E-state index is 13.1. The molecule has 2 aromatic carbocycles. The van der Waals surface area contributed by atoms with Crippen LogP contribution in [-0.4, -0.2) is 15.9 Å². The highest BCUT2D eigenvalue weighted by atomic mass is 16.1. The molecule has 0 aliphatic heterocycles. The molecule has 0 spiro atoms. The lowest BCUT2D eigenvalue weighted by Crippen LogP contribution is -2.14. The molecule has 0 aliphatic carbocycles. The molecule has 0 fully saturated rings. The van der Waals surface area contributed by atoms with Crippen molar-refractivity contribution in [1.29, 1.82) is 0 Å². The minimum absolute atomic E-state index is 0.149. The summed E-state index contributed by atoms with van der Waals surface area (Å²) in [5.41, 5.74) is 3.86. The molecule has 128 valence electrons. The van der Waals surface area contributed by atoms with Crippen LogP contribution in [0.3, 0.4) is 0 Å². The van der Waals surface area contributed by atoms with E-state index in [9.17, 15) is 4.79 Å². The third-order valence-electron chi connectivity index (χ3n) is 4.45. The molecule has 2 heterocycles. The second kappa shape index (κ2) is 6.56. The van der Waals surface area contributed by atoms with Crippen LogP contribution < -0.4 is 5.32 Å². The highest BCUT2D eigenvalue weighted by molar-refractivity contribution is 6.14. The number of aromatic nitrogens is 2. The van der Waals surface area contributed by atoms with Gasteiger partial charge in [0, 0.05) is 22.7 Å². The number of para-hydroxylation sites is 2. The molecular weight excluding hydrogens is 322 g/mol. The third-order valence-corrected chi connectivity index (χ3v) is 4.45. The van der Waals surface area contributed by atoms with Crippen molar-refractivity contribution in [3.05, 3.63) is 78.1 Å². The van der Waals surface area contributed by atoms with Gasteiger partial charge in [0.25, 0.3) is 5.91 Å². The number of rotatable bonds is 3. The van der Waals surface area contributed by atoms with Gasteiger partial charge in [-0.1, -0.05) is 50.2 Å². The fourth-order valence-electron chi connectivity index (χ4n) is 3.07. The third kappa shape index (κ3) is 2.90. The molecule has 1 N–H and O–H groups in total. The Morgan fingerprint density at radius 1 is 1.00 bits per heavy atom. The van der Waals surface area contributed by atoms with Crippen molar-refractivity contribution in [3.63, 3.8) is 0 Å². The lowest BCUT2D eigenvalue weighted by Gasteiger charge is -2.13. The van der Waals surface area contributed by atoms with Crippen LogP contribution in [0.25, 0.3) is 21.8 Å². The summed E-state index contributed by atoms with van der Waals surface area (Å²) in [6.45, 7) is 4.15. The molecule has 0 bridgehead atoms. The summed E-state index contributed by atoms with van der Waals surface area (Å²) in [4.78, 5) is 22.2. The van der Waals surface area contributed by atoms with Gasteiger partial charge in [0.2, 0.25) is 0 Å². The minimum atomic E-state index is -0.149. The van der Waals surface area contributed by atoms with Crippen molar-refractivity contribution in [3.8, 4) is 0 Å². The molecule has 4 nitrogen and oxygen atoms in total. The Morgan fingerprint density at radius 3 is 2.65 bits per heavy atom. The van der Waals surface area contributed by atoms with E-state index in [2.05, 4.69) is 29.1 Å². The van der Waals surface area contributed by atoms with E-state index in [0.29, 0.717) is 11.3 Å². The maximum Gasteiger partial charge on any atom is 0.256 e. The van der Waals surface area contributed by atoms with E-state index < -0.39 is 0 Å². The van der Waals surface area contributed by atoms with Gasteiger partial charge in [-0.05, 0) is 30.2 Å². The Kier molecular flexibility index (Phi) is 4.09. The number of carbonyl (C=O) groups is 1. The summed E-state index contributed by atoms with van der Waals surface area (Å²) in [6, 6.07) is 19.3. The molecule has 4 aromatic rings. The standard InChI is InChI=1S/C22H19N3O/c1-14(2)20-13-17(16-9-3-4-10-18(16)24-20)22(26)25-19-11-5-7-15-8-6-12-23-21(15)19/h3-14H,1-2H3,(H,25,26). The Balaban J connectivity index is 1.81. The van der Waals surface area contributed by atoms with E-state index in [4.69, 9.17) is 0 Å². The van der Waals surface area contributed by atoms with Crippen molar-refractivity contribution in [2.75, 3.05) is 5.32 Å². The van der Waals surface area contributed by atoms with E-state index in [1.54, 1.807) is 6.20 Å². The van der Waals surface area contributed by atoms with Gasteiger partial charge in [-0.15, -0.1) is 0 Å². The molecule has 26 heavy (non-hydrogen) atoms. The summed E-state index contributed by atoms with van der Waals surface area (Å²) in [5, 5.41) is 4.87. The predicted molar refractivity (Wildman–Crippen MR) is 106 cm³/mol. The molecule has 4 heteroatoms. The van der Waals surface area contributed by atoms with Crippen LogP contribution in [-0.2, 0) is 0 Å². The first-order valence-corrected chi connectivity index (χ1v) is 8.68. The Hall–Kier alpha value is -3.27. The minimum Gasteiger partial charge on any atom is -0.320 e. The van der Waals surface area contributed by atoms with Gasteiger partial charge in [-0.25, -0.2) is 0 Å². The summed E-state index contributed by atoms with van der Waals surface area (Å²) in [7, 11) is 0. The number of fused-ring (bicyclic) bond motifs is 2. The van der Waals surface area contributed by atoms with E-state index in [0.717, 1.165) is 27.5 Å². The molecule has 0 aliphatic rings. The van der Waals surface area contributed by atoms with Crippen molar-refractivity contribution in [2.24, 2.45) is 0 Å². The molecule has 0 atom stereocenters. The largest absolute Gasteiger partial charge is 0.320 e. The number of nitrogens with one attached hydrogen (secondary N) is 1. The molecule has 0 saturated heterocycles. The second-order valence-electron chi connectivity index (χ2n) is 6.60. The molecule has 2 aromatic heterocycles. The first-order chi connectivity index (χ1) is 12.6. The Morgan fingerprint density at radius 2 is 1.81 bits per heavy atom. The van der Waals surface area contributed by atoms with E-state index in [1.165, 1.54) is 0 Å². The zero-order chi connectivity index (χ0) is 18.1. The number of pyridine rings is 2. The van der Waals surface area contributed by atoms with Crippen molar-refractivity contribution in [2.45, 2.75) is 19.8 Å². The zero-order valence-electron chi connectivity index (χ0n) is 14.7. The number of anilines is 1. The average molecular weight is 341 g/mol. The molecule has 0 unspecified atom stereocenters. The lowest BCUT2D eigenvalue weighted by molar-refractivity contribution is 0.102. The van der Waals surface area contributed by atoms with Crippen molar-refractivity contribution >= 4 is 33.4 Å². The van der Waals surface area contributed by atoms with Crippen molar-refractivity contribution < 1.29 is 4.79 Å². The van der Waals surface area contributed by atoms with E-state index >= 15 is 0 Å². The summed E-state index contributed by atoms with van der Waals surface area (Å²) in [5.74, 6) is 0.0917. The molecule has 1 amide bonds. The van der Waals surface area contributed by atoms with Gasteiger partial charge in [0.15, 0.2) is 0 Å². The number of nitrogens with zero attached hydrogens (tertiary/aromatic N) is 2. The van der Waals surface area contributed by atoms with Crippen LogP contribution in [0, 0.1) is 0 Å². The second-order valence-corrected chi connectivity index (χ2v) is 6.60. The van der Waals surface area contributed by atoms with Crippen LogP contribution in [0.1, 0.15) is 35.8 Å². The predicted octanol–water partition coefficient (Wildman–Crippen LogP) is 5.16. The van der Waals surface area contributed by atoms with Gasteiger partial charge in [-0.3, -0.25) is 14.8 Å². The molecule has 0 radical (unpaired) electrons. The average Bonchev–Trinajstić information content (AvgIpc) is 2.67. The van der Waals surface area contributed by atoms with Gasteiger partial charge in [-0.2, -0.15) is 0 Å². The molecule has 0 saturated carbocycles. The lowest BCUT2D eigenvalue weighted by atomic mass is 10.0. The van der Waals surface area contributed by atoms with Crippen LogP contribution in [0.4, 0.5) is 5.69 Å². The van der Waals surface area contributed by atoms with Gasteiger partial charge < -0.3 is 5.32 Å². The molecular formula is C22H19N3O. The topological polar surface area (TPSA) is 54.9 Å². The smallest absolute Gasteiger partial charge is 0.256 e. The van der Waals surface area contributed by atoms with Crippen LogP contribution in [0.2, 0.25) is 0 Å². The van der Waals surface area contributed by atoms with Crippen LogP contribution >= 0.6 is 0 Å². The number of benzene rings is 2. The first kappa shape index (κ1) is 16.2. The quantitative estimate of drug-likeness (QED) is 0.560. The number of carbonyl (C=O) groups excluding carboxylic acids is 1. The van der Waals surface area contributed by atoms with Gasteiger partial charge in [0.1, 0.15) is 0 Å². The first-order valence-electron chi connectivity index (χ1n) is 8.68. The van der Waals surface area contributed by atoms with Crippen LogP contribution in [0.5, 0.6) is 0 Å². The van der Waals surface area contributed by atoms with Crippen molar-refractivity contribution in [1.82, 2.24) is 9.97 Å². The fraction of sp³-hybridized carbons (Fsp3) is 0.136. The number of hydrogen-bond donors (Lipinski definition) is 1. The molecule has 4 rings (SSSR count). The maximum atomic E-state index is 13.1. The van der Waals surface area contributed by atoms with Crippen LogP contribution in [0.15, 0.2) is 66.9 Å². The Bertz CT molecular complexity index is 1110. The summed E-state index contributed by atoms with van der Waals surface area (Å²) in [6.07, 6.45) is 1.73.